The van der Waals surface area contributed by atoms with Crippen LogP contribution in [0.15, 0.2) is 0 Å². The van der Waals surface area contributed by atoms with E-state index >= 15 is 0 Å². The smallest absolute Gasteiger partial charge is 0.322 e. The zero-order chi connectivity index (χ0) is 7.28. The van der Waals surface area contributed by atoms with Crippen LogP contribution in [0.5, 0.6) is 0 Å². The molecule has 52 valence electrons. The van der Waals surface area contributed by atoms with Gasteiger partial charge in [-0.15, -0.1) is 0 Å². The monoisotopic (exact) mass is 131 g/mol. The van der Waals surface area contributed by atoms with Gasteiger partial charge < -0.3 is 11.1 Å². The summed E-state index contributed by atoms with van der Waals surface area (Å²) in [6, 6.07) is -1.41. The first-order valence-corrected chi connectivity index (χ1v) is 2.51. The number of carbonyl (C=O) groups is 2. The molecule has 0 bridgehead atoms. The van der Waals surface area contributed by atoms with Gasteiger partial charge in [0.1, 0.15) is 0 Å². The zero-order valence-corrected chi connectivity index (χ0v) is 5.10. The van der Waals surface area contributed by atoms with Gasteiger partial charge in [-0.1, -0.05) is 0 Å². The minimum Gasteiger partial charge on any atom is -0.351 e. The maximum absolute atomic E-state index is 10.3. The molecule has 0 aromatic rings. The molecule has 0 saturated heterocycles. The van der Waals surface area contributed by atoms with E-state index in [0.29, 0.717) is 6.54 Å². The minimum atomic E-state index is -0.846. The van der Waals surface area contributed by atoms with Crippen molar-refractivity contribution in [2.75, 3.05) is 6.54 Å². The van der Waals surface area contributed by atoms with Crippen LogP contribution in [0.4, 0.5) is 9.59 Å². The largest absolute Gasteiger partial charge is 0.351 e. The summed E-state index contributed by atoms with van der Waals surface area (Å²) in [5.74, 6) is 0. The average Bonchev–Trinajstić information content (AvgIpc) is 1.63. The second-order valence-corrected chi connectivity index (χ2v) is 1.35. The Hall–Kier alpha value is -1.26. The van der Waals surface area contributed by atoms with E-state index in [1.54, 1.807) is 6.92 Å². The number of hydrogen-bond donors (Lipinski definition) is 3. The summed E-state index contributed by atoms with van der Waals surface area (Å²) in [5, 5.41) is 4.16. The molecule has 0 heterocycles. The van der Waals surface area contributed by atoms with Crippen molar-refractivity contribution in [2.45, 2.75) is 6.92 Å². The second-order valence-electron chi connectivity index (χ2n) is 1.35. The quantitative estimate of drug-likeness (QED) is 0.443. The van der Waals surface area contributed by atoms with Gasteiger partial charge in [-0.2, -0.15) is 0 Å². The molecule has 0 spiro atoms. The topological polar surface area (TPSA) is 84.2 Å². The van der Waals surface area contributed by atoms with Gasteiger partial charge in [0, 0.05) is 6.54 Å². The van der Waals surface area contributed by atoms with Crippen LogP contribution in [0.1, 0.15) is 6.92 Å². The summed E-state index contributed by atoms with van der Waals surface area (Å²) in [4.78, 5) is 20.3. The number of imide groups is 1. The minimum absolute atomic E-state index is 0.471. The van der Waals surface area contributed by atoms with Crippen LogP contribution in [0.25, 0.3) is 0 Å². The van der Waals surface area contributed by atoms with E-state index in [9.17, 15) is 9.59 Å². The van der Waals surface area contributed by atoms with Crippen LogP contribution >= 0.6 is 0 Å². The van der Waals surface area contributed by atoms with Crippen LogP contribution in [-0.4, -0.2) is 18.6 Å². The maximum atomic E-state index is 10.3. The van der Waals surface area contributed by atoms with Crippen molar-refractivity contribution in [1.29, 1.82) is 0 Å². The van der Waals surface area contributed by atoms with Gasteiger partial charge in [-0.25, -0.2) is 9.59 Å². The molecule has 4 amide bonds. The van der Waals surface area contributed by atoms with Gasteiger partial charge in [0.05, 0.1) is 0 Å². The summed E-state index contributed by atoms with van der Waals surface area (Å²) in [6.07, 6.45) is 0. The average molecular weight is 131 g/mol. The summed E-state index contributed by atoms with van der Waals surface area (Å²) < 4.78 is 0. The van der Waals surface area contributed by atoms with Crippen molar-refractivity contribution in [2.24, 2.45) is 5.73 Å². The molecule has 0 saturated carbocycles. The lowest BCUT2D eigenvalue weighted by Gasteiger charge is -1.98. The molecule has 5 nitrogen and oxygen atoms in total. The Bertz CT molecular complexity index is 123. The molecule has 4 N–H and O–H groups in total. The Kier molecular flexibility index (Phi) is 3.19. The van der Waals surface area contributed by atoms with E-state index in [1.165, 1.54) is 0 Å². The Balaban J connectivity index is 3.39. The summed E-state index contributed by atoms with van der Waals surface area (Å²) in [7, 11) is 0. The molecule has 0 fully saturated rings. The van der Waals surface area contributed by atoms with Gasteiger partial charge in [-0.05, 0) is 6.92 Å². The molecule has 0 aliphatic heterocycles. The lowest BCUT2D eigenvalue weighted by atomic mass is 10.7. The normalized spacial score (nSPS) is 8.11. The Morgan fingerprint density at radius 1 is 1.56 bits per heavy atom. The van der Waals surface area contributed by atoms with Crippen LogP contribution in [0.3, 0.4) is 0 Å². The van der Waals surface area contributed by atoms with Crippen LogP contribution in [0.2, 0.25) is 0 Å². The van der Waals surface area contributed by atoms with Crippen molar-refractivity contribution in [1.82, 2.24) is 10.6 Å². The molecule has 9 heavy (non-hydrogen) atoms. The van der Waals surface area contributed by atoms with E-state index < -0.39 is 12.1 Å². The Morgan fingerprint density at radius 3 is 2.44 bits per heavy atom. The van der Waals surface area contributed by atoms with Gasteiger partial charge in [0.15, 0.2) is 0 Å². The molecule has 0 aromatic heterocycles. The van der Waals surface area contributed by atoms with Crippen molar-refractivity contribution >= 4 is 12.1 Å². The van der Waals surface area contributed by atoms with E-state index in [2.05, 4.69) is 11.1 Å². The fourth-order valence-corrected chi connectivity index (χ4v) is 0.317. The first-order chi connectivity index (χ1) is 4.16. The highest BCUT2D eigenvalue weighted by Gasteiger charge is 1.98. The number of primary amides is 1. The third-order valence-electron chi connectivity index (χ3n) is 0.574. The highest BCUT2D eigenvalue weighted by atomic mass is 16.2. The van der Waals surface area contributed by atoms with Crippen LogP contribution in [-0.2, 0) is 0 Å². The first-order valence-electron chi connectivity index (χ1n) is 2.51. The molecule has 0 atom stereocenters. The van der Waals surface area contributed by atoms with E-state index in [-0.39, 0.29) is 0 Å². The fraction of sp³-hybridized carbons (Fsp3) is 0.500. The lowest BCUT2D eigenvalue weighted by molar-refractivity contribution is 0.232. The van der Waals surface area contributed by atoms with E-state index in [4.69, 9.17) is 0 Å². The standard InChI is InChI=1S/C4H9N3O2/c1-2-6-4(9)7-3(5)8/h2H2,1H3,(H4,5,6,7,8,9). The Labute approximate surface area is 52.6 Å². The van der Waals surface area contributed by atoms with E-state index in [1.807, 2.05) is 5.32 Å². The van der Waals surface area contributed by atoms with Gasteiger partial charge in [0.2, 0.25) is 0 Å². The number of urea groups is 2. The number of nitrogens with two attached hydrogens (primary N) is 1. The molecular formula is C4H9N3O2. The van der Waals surface area contributed by atoms with Crippen LogP contribution < -0.4 is 16.4 Å². The number of hydrogen-bond acceptors (Lipinski definition) is 2. The Morgan fingerprint density at radius 2 is 2.11 bits per heavy atom. The summed E-state index contributed by atoms with van der Waals surface area (Å²) >= 11 is 0. The van der Waals surface area contributed by atoms with Crippen molar-refractivity contribution in [3.63, 3.8) is 0 Å². The highest BCUT2D eigenvalue weighted by molar-refractivity contribution is 5.92. The molecule has 0 aliphatic carbocycles. The van der Waals surface area contributed by atoms with Gasteiger partial charge in [-0.3, -0.25) is 5.32 Å². The van der Waals surface area contributed by atoms with Gasteiger partial charge >= 0.3 is 12.1 Å². The molecule has 0 aromatic carbocycles. The molecule has 0 radical (unpaired) electrons. The molecule has 0 unspecified atom stereocenters. The first kappa shape index (κ1) is 7.74. The predicted molar refractivity (Wildman–Crippen MR) is 31.8 cm³/mol. The van der Waals surface area contributed by atoms with Crippen LogP contribution in [0, 0.1) is 0 Å². The molecule has 0 aliphatic rings. The predicted octanol–water partition coefficient (Wildman–Crippen LogP) is -0.616. The third kappa shape index (κ3) is 4.60. The second kappa shape index (κ2) is 3.71. The third-order valence-corrected chi connectivity index (χ3v) is 0.574. The van der Waals surface area contributed by atoms with Crippen molar-refractivity contribution < 1.29 is 9.59 Å². The van der Waals surface area contributed by atoms with E-state index in [0.717, 1.165) is 0 Å². The lowest BCUT2D eigenvalue weighted by Crippen LogP contribution is -2.42. The molecule has 5 heteroatoms. The summed E-state index contributed by atoms with van der Waals surface area (Å²) in [5.41, 5.74) is 4.61. The van der Waals surface area contributed by atoms with Crippen molar-refractivity contribution in [3.8, 4) is 0 Å². The highest BCUT2D eigenvalue weighted by Crippen LogP contribution is 1.61. The molecule has 0 rings (SSSR count). The van der Waals surface area contributed by atoms with Crippen molar-refractivity contribution in [3.05, 3.63) is 0 Å². The molecular weight excluding hydrogens is 122 g/mol. The zero-order valence-electron chi connectivity index (χ0n) is 5.10. The number of rotatable bonds is 1. The summed E-state index contributed by atoms with van der Waals surface area (Å²) in [6.45, 7) is 2.21. The number of nitrogens with one attached hydrogen (secondary N) is 2. The number of carbonyl (C=O) groups excluding carboxylic acids is 2. The maximum Gasteiger partial charge on any atom is 0.322 e. The van der Waals surface area contributed by atoms with Gasteiger partial charge in [0.25, 0.3) is 0 Å². The SMILES string of the molecule is CCNC(=O)NC(N)=O. The number of amides is 4. The fourth-order valence-electron chi connectivity index (χ4n) is 0.317.